The molecule has 2 aromatic rings. The van der Waals surface area contributed by atoms with Crippen molar-refractivity contribution in [3.05, 3.63) is 59.1 Å². The van der Waals surface area contributed by atoms with Gasteiger partial charge in [-0.3, -0.25) is 4.79 Å². The van der Waals surface area contributed by atoms with Gasteiger partial charge in [-0.25, -0.2) is 8.42 Å². The molecule has 0 bridgehead atoms. The second-order valence-electron chi connectivity index (χ2n) is 6.20. The smallest absolute Gasteiger partial charge is 0.255 e. The number of nitrogens with zero attached hydrogens (tertiary/aromatic N) is 2. The molecule has 1 fully saturated rings. The minimum atomic E-state index is -3.51. The number of amides is 1. The molecular weight excluding hydrogens is 374 g/mol. The van der Waals surface area contributed by atoms with Crippen molar-refractivity contribution in [1.29, 1.82) is 0 Å². The Bertz CT molecular complexity index is 892. The van der Waals surface area contributed by atoms with E-state index >= 15 is 0 Å². The van der Waals surface area contributed by atoms with Crippen LogP contribution in [0.15, 0.2) is 53.4 Å². The summed E-state index contributed by atoms with van der Waals surface area (Å²) in [6, 6.07) is 12.8. The molecule has 1 saturated heterocycles. The van der Waals surface area contributed by atoms with Gasteiger partial charge in [-0.1, -0.05) is 17.7 Å². The second-order valence-corrected chi connectivity index (χ2v) is 8.57. The summed E-state index contributed by atoms with van der Waals surface area (Å²) < 4.78 is 26.9. The quantitative estimate of drug-likeness (QED) is 0.866. The highest BCUT2D eigenvalue weighted by Gasteiger charge is 2.27. The molecule has 0 aromatic heterocycles. The number of hydrogen-bond donors (Lipinski definition) is 1. The zero-order chi connectivity index (χ0) is 18.7. The third-order valence-electron chi connectivity index (χ3n) is 4.30. The van der Waals surface area contributed by atoms with Gasteiger partial charge in [-0.15, -0.1) is 0 Å². The summed E-state index contributed by atoms with van der Waals surface area (Å²) in [6.07, 6.45) is 0. The van der Waals surface area contributed by atoms with Crippen molar-refractivity contribution < 1.29 is 13.2 Å². The van der Waals surface area contributed by atoms with Crippen LogP contribution in [0.3, 0.4) is 0 Å². The molecule has 6 nitrogen and oxygen atoms in total. The molecule has 0 saturated carbocycles. The number of likely N-dealkylation sites (N-methyl/N-ethyl adjacent to an activating group) is 1. The fourth-order valence-corrected chi connectivity index (χ4v) is 4.33. The Morgan fingerprint density at radius 1 is 1.04 bits per heavy atom. The van der Waals surface area contributed by atoms with E-state index in [0.717, 1.165) is 0 Å². The minimum Gasteiger partial charge on any atom is -0.322 e. The van der Waals surface area contributed by atoms with E-state index < -0.39 is 10.0 Å². The molecule has 0 unspecified atom stereocenters. The molecule has 1 aliphatic rings. The molecular formula is C18H20ClN3O3S. The molecule has 1 N–H and O–H groups in total. The lowest BCUT2D eigenvalue weighted by molar-refractivity contribution is 0.102. The predicted molar refractivity (Wildman–Crippen MR) is 102 cm³/mol. The van der Waals surface area contributed by atoms with Crippen LogP contribution in [0.25, 0.3) is 0 Å². The standard InChI is InChI=1S/C18H20ClN3O3S/c1-21-9-11-22(12-10-21)26(24,25)17-7-5-16(6-8-17)20-18(23)14-3-2-4-15(19)13-14/h2-8,13H,9-12H2,1H3,(H,20,23). The Morgan fingerprint density at radius 2 is 1.69 bits per heavy atom. The Hall–Kier alpha value is -1.93. The van der Waals surface area contributed by atoms with E-state index in [9.17, 15) is 13.2 Å². The third kappa shape index (κ3) is 4.24. The first-order chi connectivity index (χ1) is 12.4. The van der Waals surface area contributed by atoms with Gasteiger partial charge >= 0.3 is 0 Å². The van der Waals surface area contributed by atoms with E-state index in [1.54, 1.807) is 36.4 Å². The van der Waals surface area contributed by atoms with Crippen molar-refractivity contribution in [2.75, 3.05) is 38.5 Å². The number of halogens is 1. The van der Waals surface area contributed by atoms with E-state index in [4.69, 9.17) is 11.6 Å². The van der Waals surface area contributed by atoms with Gasteiger partial charge in [0, 0.05) is 42.5 Å². The number of sulfonamides is 1. The first kappa shape index (κ1) is 18.8. The highest BCUT2D eigenvalue weighted by molar-refractivity contribution is 7.89. The molecule has 1 heterocycles. The predicted octanol–water partition coefficient (Wildman–Crippen LogP) is 2.53. The van der Waals surface area contributed by atoms with Gasteiger partial charge in [0.15, 0.2) is 0 Å². The highest BCUT2D eigenvalue weighted by atomic mass is 35.5. The summed E-state index contributed by atoms with van der Waals surface area (Å²) in [5, 5.41) is 3.21. The lowest BCUT2D eigenvalue weighted by Crippen LogP contribution is -2.46. The van der Waals surface area contributed by atoms with E-state index in [0.29, 0.717) is 42.5 Å². The number of rotatable bonds is 4. The Morgan fingerprint density at radius 3 is 2.31 bits per heavy atom. The van der Waals surface area contributed by atoms with Crippen molar-refractivity contribution in [3.8, 4) is 0 Å². The number of anilines is 1. The Labute approximate surface area is 158 Å². The number of benzene rings is 2. The molecule has 0 radical (unpaired) electrons. The Kier molecular flexibility index (Phi) is 5.62. The van der Waals surface area contributed by atoms with Crippen molar-refractivity contribution in [2.45, 2.75) is 4.90 Å². The third-order valence-corrected chi connectivity index (χ3v) is 6.45. The molecule has 1 aliphatic heterocycles. The summed E-state index contributed by atoms with van der Waals surface area (Å²) >= 11 is 5.89. The number of piperazine rings is 1. The van der Waals surface area contributed by atoms with E-state index in [1.165, 1.54) is 16.4 Å². The Balaban J connectivity index is 1.71. The first-order valence-electron chi connectivity index (χ1n) is 8.22. The van der Waals surface area contributed by atoms with Crippen molar-refractivity contribution in [2.24, 2.45) is 0 Å². The summed E-state index contributed by atoms with van der Waals surface area (Å²) in [5.74, 6) is -0.304. The van der Waals surface area contributed by atoms with Crippen LogP contribution in [0, 0.1) is 0 Å². The van der Waals surface area contributed by atoms with Crippen molar-refractivity contribution in [1.82, 2.24) is 9.21 Å². The van der Waals surface area contributed by atoms with Crippen LogP contribution in [0.5, 0.6) is 0 Å². The summed E-state index contributed by atoms with van der Waals surface area (Å²) in [5.41, 5.74) is 0.957. The van der Waals surface area contributed by atoms with Gasteiger partial charge in [-0.2, -0.15) is 4.31 Å². The van der Waals surface area contributed by atoms with Crippen molar-refractivity contribution in [3.63, 3.8) is 0 Å². The van der Waals surface area contributed by atoms with Gasteiger partial charge in [0.05, 0.1) is 4.90 Å². The number of carbonyl (C=O) groups is 1. The summed E-state index contributed by atoms with van der Waals surface area (Å²) in [7, 11) is -1.54. The average molecular weight is 394 g/mol. The first-order valence-corrected chi connectivity index (χ1v) is 10.0. The topological polar surface area (TPSA) is 69.7 Å². The molecule has 26 heavy (non-hydrogen) atoms. The molecule has 3 rings (SSSR count). The number of hydrogen-bond acceptors (Lipinski definition) is 4. The largest absolute Gasteiger partial charge is 0.322 e. The molecule has 138 valence electrons. The molecule has 0 atom stereocenters. The molecule has 0 aliphatic carbocycles. The van der Waals surface area contributed by atoms with Crippen molar-refractivity contribution >= 4 is 33.2 Å². The zero-order valence-corrected chi connectivity index (χ0v) is 15.9. The normalized spacial score (nSPS) is 16.4. The summed E-state index contributed by atoms with van der Waals surface area (Å²) in [6.45, 7) is 2.39. The maximum absolute atomic E-state index is 12.7. The van der Waals surface area contributed by atoms with Gasteiger partial charge < -0.3 is 10.2 Å². The maximum atomic E-state index is 12.7. The number of nitrogens with one attached hydrogen (secondary N) is 1. The van der Waals surface area contributed by atoms with Crippen LogP contribution in [0.2, 0.25) is 5.02 Å². The highest BCUT2D eigenvalue weighted by Crippen LogP contribution is 2.20. The molecule has 8 heteroatoms. The van der Waals surface area contributed by atoms with Crippen LogP contribution >= 0.6 is 11.6 Å². The molecule has 0 spiro atoms. The maximum Gasteiger partial charge on any atom is 0.255 e. The van der Waals surface area contributed by atoms with Crippen LogP contribution in [-0.2, 0) is 10.0 Å². The summed E-state index contributed by atoms with van der Waals surface area (Å²) in [4.78, 5) is 14.5. The fraction of sp³-hybridized carbons (Fsp3) is 0.278. The van der Waals surface area contributed by atoms with Gasteiger partial charge in [-0.05, 0) is 49.5 Å². The second kappa shape index (κ2) is 7.75. The molecule has 2 aromatic carbocycles. The average Bonchev–Trinajstić information content (AvgIpc) is 2.62. The number of carbonyl (C=O) groups excluding carboxylic acids is 1. The van der Waals surface area contributed by atoms with E-state index in [-0.39, 0.29) is 10.8 Å². The van der Waals surface area contributed by atoms with Crippen LogP contribution < -0.4 is 5.32 Å². The lowest BCUT2D eigenvalue weighted by Gasteiger charge is -2.31. The fourth-order valence-electron chi connectivity index (χ4n) is 2.72. The minimum absolute atomic E-state index is 0.225. The van der Waals surface area contributed by atoms with E-state index in [1.807, 2.05) is 7.05 Å². The van der Waals surface area contributed by atoms with Gasteiger partial charge in [0.1, 0.15) is 0 Å². The zero-order valence-electron chi connectivity index (χ0n) is 14.4. The van der Waals surface area contributed by atoms with Crippen LogP contribution in [0.4, 0.5) is 5.69 Å². The monoisotopic (exact) mass is 393 g/mol. The van der Waals surface area contributed by atoms with Crippen LogP contribution in [-0.4, -0.2) is 56.8 Å². The van der Waals surface area contributed by atoms with Crippen LogP contribution in [0.1, 0.15) is 10.4 Å². The van der Waals surface area contributed by atoms with Gasteiger partial charge in [0.25, 0.3) is 5.91 Å². The van der Waals surface area contributed by atoms with E-state index in [2.05, 4.69) is 10.2 Å². The lowest BCUT2D eigenvalue weighted by atomic mass is 10.2. The van der Waals surface area contributed by atoms with Gasteiger partial charge in [0.2, 0.25) is 10.0 Å². The molecule has 1 amide bonds. The SMILES string of the molecule is CN1CCN(S(=O)(=O)c2ccc(NC(=O)c3cccc(Cl)c3)cc2)CC1.